The molecule has 1 saturated carbocycles. The molecule has 3 N–H and O–H groups in total. The summed E-state index contributed by atoms with van der Waals surface area (Å²) in [6, 6.07) is 0. The van der Waals surface area contributed by atoms with E-state index in [9.17, 15) is 4.79 Å². The fourth-order valence-electron chi connectivity index (χ4n) is 1.49. The second-order valence-corrected chi connectivity index (χ2v) is 4.11. The summed E-state index contributed by atoms with van der Waals surface area (Å²) < 4.78 is 5.12. The number of hydrogen-bond acceptors (Lipinski definition) is 3. The zero-order valence-corrected chi connectivity index (χ0v) is 7.71. The Balaban J connectivity index is 1.80. The molecule has 0 radical (unpaired) electrons. The van der Waals surface area contributed by atoms with E-state index in [-0.39, 0.29) is 5.91 Å². The number of nitrogens with two attached hydrogens (primary N) is 1. The number of amides is 1. The Morgan fingerprint density at radius 2 is 2.38 bits per heavy atom. The summed E-state index contributed by atoms with van der Waals surface area (Å²) >= 11 is 0. The molecule has 1 heterocycles. The van der Waals surface area contributed by atoms with E-state index < -0.39 is 5.54 Å². The normalized spacial score (nSPS) is 33.3. The third-order valence-electron chi connectivity index (χ3n) is 2.75. The maximum Gasteiger partial charge on any atom is 0.242 e. The smallest absolute Gasteiger partial charge is 0.242 e. The Kier molecular flexibility index (Phi) is 2.26. The van der Waals surface area contributed by atoms with Crippen LogP contribution in [0.3, 0.4) is 0 Å². The molecule has 1 unspecified atom stereocenters. The Labute approximate surface area is 77.8 Å². The van der Waals surface area contributed by atoms with Crippen LogP contribution in [0, 0.1) is 5.92 Å². The molecular formula is C9H16N2O2. The lowest BCUT2D eigenvalue weighted by Gasteiger charge is -2.20. The van der Waals surface area contributed by atoms with E-state index >= 15 is 0 Å². The summed E-state index contributed by atoms with van der Waals surface area (Å²) in [4.78, 5) is 11.6. The average molecular weight is 184 g/mol. The zero-order chi connectivity index (χ0) is 9.31. The first-order chi connectivity index (χ1) is 6.21. The molecule has 2 fully saturated rings. The highest BCUT2D eigenvalue weighted by atomic mass is 16.5. The first-order valence-corrected chi connectivity index (χ1v) is 4.86. The van der Waals surface area contributed by atoms with Crippen LogP contribution >= 0.6 is 0 Å². The summed E-state index contributed by atoms with van der Waals surface area (Å²) in [6.07, 6.45) is 3.13. The predicted octanol–water partition coefficient (Wildman–Crippen LogP) is -0.370. The van der Waals surface area contributed by atoms with E-state index in [1.54, 1.807) is 0 Å². The maximum atomic E-state index is 11.6. The Morgan fingerprint density at radius 1 is 1.62 bits per heavy atom. The van der Waals surface area contributed by atoms with Gasteiger partial charge in [-0.1, -0.05) is 0 Å². The van der Waals surface area contributed by atoms with Gasteiger partial charge in [-0.15, -0.1) is 0 Å². The minimum Gasteiger partial charge on any atom is -0.379 e. The standard InChI is InChI=1S/C9H16N2O2/c10-9(3-4-13-6-9)8(12)11-5-7-1-2-7/h7H,1-6,10H2,(H,11,12). The first kappa shape index (κ1) is 8.97. The number of carbonyl (C=O) groups is 1. The van der Waals surface area contributed by atoms with Crippen molar-refractivity contribution in [3.05, 3.63) is 0 Å². The number of nitrogens with one attached hydrogen (secondary N) is 1. The molecule has 2 rings (SSSR count). The van der Waals surface area contributed by atoms with Crippen molar-refractivity contribution in [3.63, 3.8) is 0 Å². The van der Waals surface area contributed by atoms with Crippen molar-refractivity contribution in [3.8, 4) is 0 Å². The minimum absolute atomic E-state index is 0.0445. The number of ether oxygens (including phenoxy) is 1. The van der Waals surface area contributed by atoms with Gasteiger partial charge in [-0.05, 0) is 25.2 Å². The molecule has 1 aliphatic carbocycles. The third kappa shape index (κ3) is 2.00. The molecule has 1 amide bonds. The van der Waals surface area contributed by atoms with Gasteiger partial charge in [-0.2, -0.15) is 0 Å². The Bertz CT molecular complexity index is 208. The van der Waals surface area contributed by atoms with Crippen molar-refractivity contribution in [2.75, 3.05) is 19.8 Å². The summed E-state index contributed by atoms with van der Waals surface area (Å²) in [5.41, 5.74) is 5.12. The van der Waals surface area contributed by atoms with Crippen LogP contribution in [0.25, 0.3) is 0 Å². The van der Waals surface area contributed by atoms with Gasteiger partial charge in [0, 0.05) is 13.2 Å². The van der Waals surface area contributed by atoms with Crippen molar-refractivity contribution in [1.29, 1.82) is 0 Å². The Morgan fingerprint density at radius 3 is 2.92 bits per heavy atom. The van der Waals surface area contributed by atoms with E-state index in [0.29, 0.717) is 25.6 Å². The molecule has 4 heteroatoms. The highest BCUT2D eigenvalue weighted by molar-refractivity contribution is 5.86. The van der Waals surface area contributed by atoms with Gasteiger partial charge in [0.2, 0.25) is 5.91 Å². The molecule has 2 aliphatic rings. The summed E-state index contributed by atoms with van der Waals surface area (Å²) in [5, 5.41) is 2.88. The van der Waals surface area contributed by atoms with Crippen LogP contribution in [-0.2, 0) is 9.53 Å². The van der Waals surface area contributed by atoms with Crippen molar-refractivity contribution >= 4 is 5.91 Å². The molecule has 0 aromatic carbocycles. The summed E-state index contributed by atoms with van der Waals surface area (Å²) in [5.74, 6) is 0.659. The zero-order valence-electron chi connectivity index (χ0n) is 7.71. The van der Waals surface area contributed by atoms with E-state index in [1.807, 2.05) is 0 Å². The van der Waals surface area contributed by atoms with E-state index in [4.69, 9.17) is 10.5 Å². The molecule has 1 aliphatic heterocycles. The van der Waals surface area contributed by atoms with Gasteiger partial charge in [0.25, 0.3) is 0 Å². The molecule has 0 aromatic rings. The maximum absolute atomic E-state index is 11.6. The van der Waals surface area contributed by atoms with Crippen LogP contribution in [-0.4, -0.2) is 31.2 Å². The second-order valence-electron chi connectivity index (χ2n) is 4.11. The fraction of sp³-hybridized carbons (Fsp3) is 0.889. The van der Waals surface area contributed by atoms with Crippen LogP contribution in [0.2, 0.25) is 0 Å². The molecule has 1 atom stereocenters. The van der Waals surface area contributed by atoms with Gasteiger partial charge in [0.05, 0.1) is 6.61 Å². The van der Waals surface area contributed by atoms with Crippen LogP contribution in [0.5, 0.6) is 0 Å². The van der Waals surface area contributed by atoms with E-state index in [0.717, 1.165) is 6.54 Å². The van der Waals surface area contributed by atoms with Gasteiger partial charge in [-0.25, -0.2) is 0 Å². The SMILES string of the molecule is NC1(C(=O)NCC2CC2)CCOC1. The largest absolute Gasteiger partial charge is 0.379 e. The third-order valence-corrected chi connectivity index (χ3v) is 2.75. The van der Waals surface area contributed by atoms with Gasteiger partial charge >= 0.3 is 0 Å². The van der Waals surface area contributed by atoms with E-state index in [1.165, 1.54) is 12.8 Å². The topological polar surface area (TPSA) is 64.4 Å². The summed E-state index contributed by atoms with van der Waals surface area (Å²) in [6.45, 7) is 1.76. The van der Waals surface area contributed by atoms with Crippen molar-refractivity contribution in [2.45, 2.75) is 24.8 Å². The van der Waals surface area contributed by atoms with Crippen molar-refractivity contribution < 1.29 is 9.53 Å². The molecule has 0 aromatic heterocycles. The van der Waals surface area contributed by atoms with Crippen molar-refractivity contribution in [1.82, 2.24) is 5.32 Å². The molecule has 0 spiro atoms. The first-order valence-electron chi connectivity index (χ1n) is 4.86. The van der Waals surface area contributed by atoms with Crippen LogP contribution in [0.4, 0.5) is 0 Å². The second kappa shape index (κ2) is 3.27. The van der Waals surface area contributed by atoms with Crippen LogP contribution < -0.4 is 11.1 Å². The fourth-order valence-corrected chi connectivity index (χ4v) is 1.49. The van der Waals surface area contributed by atoms with E-state index in [2.05, 4.69) is 5.32 Å². The van der Waals surface area contributed by atoms with Gasteiger partial charge in [0.1, 0.15) is 5.54 Å². The van der Waals surface area contributed by atoms with Gasteiger partial charge in [-0.3, -0.25) is 4.79 Å². The highest BCUT2D eigenvalue weighted by Gasteiger charge is 2.38. The number of hydrogen-bond donors (Lipinski definition) is 2. The summed E-state index contributed by atoms with van der Waals surface area (Å²) in [7, 11) is 0. The minimum atomic E-state index is -0.755. The molecule has 0 bridgehead atoms. The lowest BCUT2D eigenvalue weighted by molar-refractivity contribution is -0.126. The predicted molar refractivity (Wildman–Crippen MR) is 48.1 cm³/mol. The molecule has 74 valence electrons. The van der Waals surface area contributed by atoms with Gasteiger partial charge in [0.15, 0.2) is 0 Å². The molecular weight excluding hydrogens is 168 g/mol. The average Bonchev–Trinajstić information content (AvgIpc) is 2.84. The van der Waals surface area contributed by atoms with Crippen LogP contribution in [0.15, 0.2) is 0 Å². The van der Waals surface area contributed by atoms with Gasteiger partial charge < -0.3 is 15.8 Å². The van der Waals surface area contributed by atoms with Crippen molar-refractivity contribution in [2.24, 2.45) is 11.7 Å². The molecule has 1 saturated heterocycles. The highest BCUT2D eigenvalue weighted by Crippen LogP contribution is 2.27. The quantitative estimate of drug-likeness (QED) is 0.629. The molecule has 13 heavy (non-hydrogen) atoms. The Hall–Kier alpha value is -0.610. The lowest BCUT2D eigenvalue weighted by Crippen LogP contribution is -2.54. The number of carbonyl (C=O) groups excluding carboxylic acids is 1. The molecule has 4 nitrogen and oxygen atoms in total. The monoisotopic (exact) mass is 184 g/mol. The number of rotatable bonds is 3. The lowest BCUT2D eigenvalue weighted by atomic mass is 9.99. The van der Waals surface area contributed by atoms with Crippen LogP contribution in [0.1, 0.15) is 19.3 Å².